The lowest BCUT2D eigenvalue weighted by atomic mass is 10.0. The molecule has 2 heterocycles. The standard InChI is InChI=1S/C13H23N3O3S/c1-9-13(10(2)15(4)14-9)20(18,19)16-8-6-5-7-12(16)11(3)17/h11-12,17H,5-8H2,1-4H3. The first-order chi connectivity index (χ1) is 9.26. The summed E-state index contributed by atoms with van der Waals surface area (Å²) in [5.74, 6) is 0. The van der Waals surface area contributed by atoms with Gasteiger partial charge in [-0.15, -0.1) is 0 Å². The van der Waals surface area contributed by atoms with Crippen LogP contribution in [0, 0.1) is 13.8 Å². The molecule has 1 fully saturated rings. The summed E-state index contributed by atoms with van der Waals surface area (Å²) in [4.78, 5) is 0.285. The van der Waals surface area contributed by atoms with E-state index >= 15 is 0 Å². The van der Waals surface area contributed by atoms with Crippen molar-refractivity contribution in [1.82, 2.24) is 14.1 Å². The van der Waals surface area contributed by atoms with Crippen LogP contribution in [0.5, 0.6) is 0 Å². The minimum atomic E-state index is -3.61. The van der Waals surface area contributed by atoms with Crippen molar-refractivity contribution < 1.29 is 13.5 Å². The van der Waals surface area contributed by atoms with E-state index in [-0.39, 0.29) is 10.9 Å². The van der Waals surface area contributed by atoms with E-state index in [9.17, 15) is 13.5 Å². The molecule has 1 saturated heterocycles. The Balaban J connectivity index is 2.48. The van der Waals surface area contributed by atoms with Crippen LogP contribution in [0.25, 0.3) is 0 Å². The second-order valence-electron chi connectivity index (χ2n) is 5.54. The van der Waals surface area contributed by atoms with Gasteiger partial charge >= 0.3 is 0 Å². The predicted octanol–water partition coefficient (Wildman–Crippen LogP) is 0.961. The summed E-state index contributed by atoms with van der Waals surface area (Å²) in [7, 11) is -1.87. The van der Waals surface area contributed by atoms with Gasteiger partial charge in [-0.05, 0) is 33.6 Å². The summed E-state index contributed by atoms with van der Waals surface area (Å²) in [6.07, 6.45) is 1.82. The van der Waals surface area contributed by atoms with E-state index in [1.165, 1.54) is 4.31 Å². The van der Waals surface area contributed by atoms with Gasteiger partial charge in [0.25, 0.3) is 0 Å². The van der Waals surface area contributed by atoms with Crippen LogP contribution in [0.15, 0.2) is 4.90 Å². The highest BCUT2D eigenvalue weighted by Crippen LogP contribution is 2.30. The van der Waals surface area contributed by atoms with Gasteiger partial charge in [0.15, 0.2) is 0 Å². The lowest BCUT2D eigenvalue weighted by Gasteiger charge is -2.36. The maximum absolute atomic E-state index is 12.9. The lowest BCUT2D eigenvalue weighted by Crippen LogP contribution is -2.49. The summed E-state index contributed by atoms with van der Waals surface area (Å²) in [5.41, 5.74) is 1.15. The number of nitrogens with zero attached hydrogens (tertiary/aromatic N) is 3. The minimum Gasteiger partial charge on any atom is -0.392 e. The molecule has 0 aliphatic carbocycles. The molecule has 0 amide bonds. The van der Waals surface area contributed by atoms with Crippen LogP contribution in [-0.2, 0) is 17.1 Å². The molecular formula is C13H23N3O3S. The number of hydrogen-bond donors (Lipinski definition) is 1. The first-order valence-corrected chi connectivity index (χ1v) is 8.41. The predicted molar refractivity (Wildman–Crippen MR) is 75.9 cm³/mol. The van der Waals surface area contributed by atoms with Gasteiger partial charge in [-0.1, -0.05) is 6.42 Å². The fourth-order valence-corrected chi connectivity index (χ4v) is 5.12. The fourth-order valence-electron chi connectivity index (χ4n) is 2.96. The van der Waals surface area contributed by atoms with Crippen LogP contribution in [-0.4, -0.2) is 46.3 Å². The van der Waals surface area contributed by atoms with E-state index in [1.807, 2.05) is 0 Å². The largest absolute Gasteiger partial charge is 0.392 e. The molecular weight excluding hydrogens is 278 g/mol. The van der Waals surface area contributed by atoms with E-state index in [2.05, 4.69) is 5.10 Å². The molecule has 1 aromatic rings. The van der Waals surface area contributed by atoms with E-state index in [4.69, 9.17) is 0 Å². The van der Waals surface area contributed by atoms with E-state index in [1.54, 1.807) is 32.5 Å². The van der Waals surface area contributed by atoms with Crippen molar-refractivity contribution in [2.24, 2.45) is 7.05 Å². The molecule has 1 aliphatic heterocycles. The number of piperidine rings is 1. The molecule has 0 saturated carbocycles. The molecule has 0 bridgehead atoms. The second kappa shape index (κ2) is 5.46. The molecule has 114 valence electrons. The SMILES string of the molecule is Cc1nn(C)c(C)c1S(=O)(=O)N1CCCCC1C(C)O. The molecule has 2 rings (SSSR count). The molecule has 1 N–H and O–H groups in total. The highest BCUT2D eigenvalue weighted by molar-refractivity contribution is 7.89. The van der Waals surface area contributed by atoms with Crippen LogP contribution in [0.3, 0.4) is 0 Å². The summed E-state index contributed by atoms with van der Waals surface area (Å²) < 4.78 is 28.9. The van der Waals surface area contributed by atoms with Crippen LogP contribution in [0.2, 0.25) is 0 Å². The number of hydrogen-bond acceptors (Lipinski definition) is 4. The number of aryl methyl sites for hydroxylation is 2. The van der Waals surface area contributed by atoms with Crippen molar-refractivity contribution in [2.75, 3.05) is 6.54 Å². The smallest absolute Gasteiger partial charge is 0.247 e. The number of rotatable bonds is 3. The highest BCUT2D eigenvalue weighted by Gasteiger charge is 2.38. The maximum Gasteiger partial charge on any atom is 0.247 e. The third-order valence-corrected chi connectivity index (χ3v) is 6.24. The average molecular weight is 301 g/mol. The van der Waals surface area contributed by atoms with Crippen molar-refractivity contribution in [3.05, 3.63) is 11.4 Å². The normalized spacial score (nSPS) is 22.9. The molecule has 0 radical (unpaired) electrons. The summed E-state index contributed by atoms with van der Waals surface area (Å²) >= 11 is 0. The van der Waals surface area contributed by atoms with Crippen molar-refractivity contribution in [2.45, 2.75) is 57.1 Å². The Morgan fingerprint density at radius 2 is 2.00 bits per heavy atom. The first kappa shape index (κ1) is 15.5. The molecule has 0 spiro atoms. The maximum atomic E-state index is 12.9. The van der Waals surface area contributed by atoms with Gasteiger partial charge in [-0.3, -0.25) is 4.68 Å². The topological polar surface area (TPSA) is 75.4 Å². The van der Waals surface area contributed by atoms with Gasteiger partial charge in [0, 0.05) is 13.6 Å². The quantitative estimate of drug-likeness (QED) is 0.902. The van der Waals surface area contributed by atoms with Gasteiger partial charge in [0.2, 0.25) is 10.0 Å². The third-order valence-electron chi connectivity index (χ3n) is 4.06. The first-order valence-electron chi connectivity index (χ1n) is 6.97. The fraction of sp³-hybridized carbons (Fsp3) is 0.769. The van der Waals surface area contributed by atoms with E-state index < -0.39 is 16.1 Å². The van der Waals surface area contributed by atoms with Gasteiger partial charge < -0.3 is 5.11 Å². The van der Waals surface area contributed by atoms with Crippen LogP contribution < -0.4 is 0 Å². The Hall–Kier alpha value is -0.920. The molecule has 6 nitrogen and oxygen atoms in total. The monoisotopic (exact) mass is 301 g/mol. The number of aliphatic hydroxyl groups excluding tert-OH is 1. The minimum absolute atomic E-state index is 0.285. The Bertz CT molecular complexity index is 592. The average Bonchev–Trinajstić information content (AvgIpc) is 2.63. The highest BCUT2D eigenvalue weighted by atomic mass is 32.2. The van der Waals surface area contributed by atoms with Crippen molar-refractivity contribution >= 4 is 10.0 Å². The Morgan fingerprint density at radius 3 is 2.50 bits per heavy atom. The molecule has 0 aromatic carbocycles. The van der Waals surface area contributed by atoms with Crippen LogP contribution in [0.4, 0.5) is 0 Å². The van der Waals surface area contributed by atoms with Gasteiger partial charge in [0.1, 0.15) is 4.90 Å². The van der Waals surface area contributed by atoms with E-state index in [0.29, 0.717) is 24.4 Å². The zero-order chi connectivity index (χ0) is 15.1. The van der Waals surface area contributed by atoms with E-state index in [0.717, 1.165) is 12.8 Å². The summed E-state index contributed by atoms with van der Waals surface area (Å²) in [6.45, 7) is 5.59. The van der Waals surface area contributed by atoms with Gasteiger partial charge in [-0.2, -0.15) is 9.40 Å². The second-order valence-corrected chi connectivity index (χ2v) is 7.37. The molecule has 1 aromatic heterocycles. The molecule has 1 aliphatic rings. The summed E-state index contributed by atoms with van der Waals surface area (Å²) in [5, 5.41) is 14.1. The van der Waals surface area contributed by atoms with Crippen LogP contribution >= 0.6 is 0 Å². The van der Waals surface area contributed by atoms with Crippen molar-refractivity contribution in [1.29, 1.82) is 0 Å². The zero-order valence-electron chi connectivity index (χ0n) is 12.5. The van der Waals surface area contributed by atoms with Crippen molar-refractivity contribution in [3.8, 4) is 0 Å². The summed E-state index contributed by atoms with van der Waals surface area (Å²) in [6, 6.07) is -0.340. The number of aromatic nitrogens is 2. The Kier molecular flexibility index (Phi) is 4.22. The van der Waals surface area contributed by atoms with Gasteiger partial charge in [-0.25, -0.2) is 8.42 Å². The Labute approximate surface area is 120 Å². The third kappa shape index (κ3) is 2.49. The number of aliphatic hydroxyl groups is 1. The lowest BCUT2D eigenvalue weighted by molar-refractivity contribution is 0.0830. The Morgan fingerprint density at radius 1 is 1.35 bits per heavy atom. The molecule has 20 heavy (non-hydrogen) atoms. The zero-order valence-corrected chi connectivity index (χ0v) is 13.3. The van der Waals surface area contributed by atoms with Crippen LogP contribution in [0.1, 0.15) is 37.6 Å². The van der Waals surface area contributed by atoms with Gasteiger partial charge in [0.05, 0.1) is 23.5 Å². The molecule has 2 unspecified atom stereocenters. The molecule has 7 heteroatoms. The molecule has 2 atom stereocenters. The number of sulfonamides is 1. The van der Waals surface area contributed by atoms with Crippen molar-refractivity contribution in [3.63, 3.8) is 0 Å².